The number of hydrogen-bond acceptors (Lipinski definition) is 4. The lowest BCUT2D eigenvalue weighted by molar-refractivity contribution is -0.142. The zero-order valence-corrected chi connectivity index (χ0v) is 18.1. The number of nitrogens with zero attached hydrogens (tertiary/aromatic N) is 2. The van der Waals surface area contributed by atoms with Gasteiger partial charge in [-0.05, 0) is 52.4 Å². The molecule has 6 heteroatoms. The highest BCUT2D eigenvalue weighted by Crippen LogP contribution is 2.46. The molecule has 2 saturated heterocycles. The van der Waals surface area contributed by atoms with Gasteiger partial charge < -0.3 is 0 Å². The third-order valence-electron chi connectivity index (χ3n) is 7.81. The highest BCUT2D eigenvalue weighted by molar-refractivity contribution is 6.08. The molecule has 2 aliphatic carbocycles. The van der Waals surface area contributed by atoms with Crippen molar-refractivity contribution in [2.45, 2.75) is 65.2 Å². The van der Waals surface area contributed by atoms with Crippen LogP contribution in [0.25, 0.3) is 0 Å². The van der Waals surface area contributed by atoms with E-state index in [1.54, 1.807) is 0 Å². The van der Waals surface area contributed by atoms with Crippen LogP contribution in [0.1, 0.15) is 65.2 Å². The van der Waals surface area contributed by atoms with Gasteiger partial charge in [0, 0.05) is 13.1 Å². The summed E-state index contributed by atoms with van der Waals surface area (Å²) in [5.41, 5.74) is -1.13. The minimum absolute atomic E-state index is 0.0235. The van der Waals surface area contributed by atoms with Gasteiger partial charge in [-0.1, -0.05) is 37.1 Å². The molecule has 0 saturated carbocycles. The van der Waals surface area contributed by atoms with Crippen molar-refractivity contribution in [2.24, 2.45) is 22.7 Å². The van der Waals surface area contributed by atoms with E-state index in [1.807, 2.05) is 38.2 Å². The van der Waals surface area contributed by atoms with Gasteiger partial charge in [0.15, 0.2) is 0 Å². The number of fused-ring (bicyclic) bond motifs is 2. The molecule has 2 aliphatic heterocycles. The molecule has 2 fully saturated rings. The number of carbonyl (C=O) groups excluding carboxylic acids is 4. The zero-order chi connectivity index (χ0) is 21.5. The highest BCUT2D eigenvalue weighted by atomic mass is 16.2. The standard InChI is InChI=1S/C24H32N2O4/c1-23-13-7-5-11-17(23)19(27)25(21(23)29)15-9-3-4-10-16-26-20(28)18-12-6-8-14-24(18,2)22(26)30/h5-8,17-18H,3-4,9-16H2,1-2H3. The Bertz CT molecular complexity index is 763. The second-order valence-electron chi connectivity index (χ2n) is 9.77. The molecule has 6 nitrogen and oxygen atoms in total. The molecular weight excluding hydrogens is 380 g/mol. The van der Waals surface area contributed by atoms with Crippen LogP contribution in [0, 0.1) is 22.7 Å². The molecule has 4 unspecified atom stereocenters. The topological polar surface area (TPSA) is 74.8 Å². The second kappa shape index (κ2) is 7.78. The molecule has 162 valence electrons. The van der Waals surface area contributed by atoms with E-state index in [0.717, 1.165) is 25.7 Å². The lowest BCUT2D eigenvalue weighted by Crippen LogP contribution is -2.35. The predicted octanol–water partition coefficient (Wildman–Crippen LogP) is 3.23. The maximum Gasteiger partial charge on any atom is 0.236 e. The van der Waals surface area contributed by atoms with Crippen LogP contribution in [0.5, 0.6) is 0 Å². The molecule has 0 radical (unpaired) electrons. The SMILES string of the molecule is CC12CC=CCC1C(=O)N(CCCCCCN1C(=O)C3CC=CCC3(C)C1=O)C2=O. The number of hydrogen-bond donors (Lipinski definition) is 0. The van der Waals surface area contributed by atoms with Crippen LogP contribution in [-0.4, -0.2) is 46.5 Å². The molecule has 0 spiro atoms. The fourth-order valence-corrected chi connectivity index (χ4v) is 5.65. The van der Waals surface area contributed by atoms with Crippen molar-refractivity contribution in [1.82, 2.24) is 9.80 Å². The molecule has 0 N–H and O–H groups in total. The maximum atomic E-state index is 12.8. The van der Waals surface area contributed by atoms with Crippen molar-refractivity contribution in [2.75, 3.05) is 13.1 Å². The number of likely N-dealkylation sites (tertiary alicyclic amines) is 2. The van der Waals surface area contributed by atoms with Crippen molar-refractivity contribution in [3.8, 4) is 0 Å². The van der Waals surface area contributed by atoms with Gasteiger partial charge in [-0.25, -0.2) is 0 Å². The Kier molecular flexibility index (Phi) is 5.45. The molecule has 0 bridgehead atoms. The van der Waals surface area contributed by atoms with E-state index in [0.29, 0.717) is 38.8 Å². The average Bonchev–Trinajstić information content (AvgIpc) is 3.04. The van der Waals surface area contributed by atoms with Crippen molar-refractivity contribution in [3.05, 3.63) is 24.3 Å². The summed E-state index contributed by atoms with van der Waals surface area (Å²) in [6, 6.07) is 0. The quantitative estimate of drug-likeness (QED) is 0.366. The predicted molar refractivity (Wildman–Crippen MR) is 112 cm³/mol. The molecule has 4 amide bonds. The fourth-order valence-electron chi connectivity index (χ4n) is 5.65. The Hall–Kier alpha value is -2.24. The Morgan fingerprint density at radius 3 is 1.47 bits per heavy atom. The summed E-state index contributed by atoms with van der Waals surface area (Å²) < 4.78 is 0. The van der Waals surface area contributed by atoms with Crippen molar-refractivity contribution in [3.63, 3.8) is 0 Å². The Labute approximate surface area is 178 Å². The first-order chi connectivity index (χ1) is 14.3. The van der Waals surface area contributed by atoms with Gasteiger partial charge >= 0.3 is 0 Å². The molecule has 2 heterocycles. The van der Waals surface area contributed by atoms with E-state index in [4.69, 9.17) is 0 Å². The van der Waals surface area contributed by atoms with Gasteiger partial charge in [-0.3, -0.25) is 29.0 Å². The zero-order valence-electron chi connectivity index (χ0n) is 18.1. The Morgan fingerprint density at radius 2 is 1.10 bits per heavy atom. The summed E-state index contributed by atoms with van der Waals surface area (Å²) in [5.74, 6) is -0.517. The Morgan fingerprint density at radius 1 is 0.700 bits per heavy atom. The van der Waals surface area contributed by atoms with Crippen LogP contribution in [-0.2, 0) is 19.2 Å². The molecule has 30 heavy (non-hydrogen) atoms. The molecule has 4 aliphatic rings. The smallest absolute Gasteiger partial charge is 0.236 e. The molecule has 0 aromatic carbocycles. The number of allylic oxidation sites excluding steroid dienone is 4. The summed E-state index contributed by atoms with van der Waals surface area (Å²) >= 11 is 0. The van der Waals surface area contributed by atoms with E-state index in [9.17, 15) is 19.2 Å². The lowest BCUT2D eigenvalue weighted by atomic mass is 9.72. The van der Waals surface area contributed by atoms with Crippen LogP contribution >= 0.6 is 0 Å². The summed E-state index contributed by atoms with van der Waals surface area (Å²) in [6.45, 7) is 4.77. The summed E-state index contributed by atoms with van der Waals surface area (Å²) in [7, 11) is 0. The first-order valence-corrected chi connectivity index (χ1v) is 11.3. The third kappa shape index (κ3) is 3.15. The Balaban J connectivity index is 1.21. The number of rotatable bonds is 7. The van der Waals surface area contributed by atoms with Crippen LogP contribution in [0.3, 0.4) is 0 Å². The van der Waals surface area contributed by atoms with Crippen LogP contribution < -0.4 is 0 Å². The third-order valence-corrected chi connectivity index (χ3v) is 7.81. The molecular formula is C24H32N2O4. The van der Waals surface area contributed by atoms with Crippen molar-refractivity contribution in [1.29, 1.82) is 0 Å². The summed E-state index contributed by atoms with van der Waals surface area (Å²) in [6.07, 6.45) is 13.9. The maximum absolute atomic E-state index is 12.8. The molecule has 0 aromatic heterocycles. The number of amides is 4. The molecule has 4 rings (SSSR count). The highest BCUT2D eigenvalue weighted by Gasteiger charge is 2.56. The van der Waals surface area contributed by atoms with Gasteiger partial charge in [-0.15, -0.1) is 0 Å². The first-order valence-electron chi connectivity index (χ1n) is 11.3. The number of carbonyl (C=O) groups is 4. The van der Waals surface area contributed by atoms with Gasteiger partial charge in [0.1, 0.15) is 0 Å². The molecule has 4 atom stereocenters. The van der Waals surface area contributed by atoms with Gasteiger partial charge in [0.2, 0.25) is 23.6 Å². The van der Waals surface area contributed by atoms with Crippen LogP contribution in [0.2, 0.25) is 0 Å². The minimum Gasteiger partial charge on any atom is -0.282 e. The van der Waals surface area contributed by atoms with E-state index in [2.05, 4.69) is 0 Å². The second-order valence-corrected chi connectivity index (χ2v) is 9.77. The first kappa shape index (κ1) is 21.0. The van der Waals surface area contributed by atoms with E-state index < -0.39 is 10.8 Å². The summed E-state index contributed by atoms with van der Waals surface area (Å²) in [4.78, 5) is 53.8. The monoisotopic (exact) mass is 412 g/mol. The van der Waals surface area contributed by atoms with Crippen LogP contribution in [0.15, 0.2) is 24.3 Å². The lowest BCUT2D eigenvalue weighted by Gasteiger charge is -2.28. The average molecular weight is 413 g/mol. The van der Waals surface area contributed by atoms with E-state index in [1.165, 1.54) is 9.80 Å². The van der Waals surface area contributed by atoms with Crippen LogP contribution in [0.4, 0.5) is 0 Å². The normalized spacial score (nSPS) is 35.4. The van der Waals surface area contributed by atoms with E-state index in [-0.39, 0.29) is 35.5 Å². The van der Waals surface area contributed by atoms with Crippen molar-refractivity contribution < 1.29 is 19.2 Å². The van der Waals surface area contributed by atoms with E-state index >= 15 is 0 Å². The number of imide groups is 2. The molecule has 0 aromatic rings. The largest absolute Gasteiger partial charge is 0.282 e. The fraction of sp³-hybridized carbons (Fsp3) is 0.667. The van der Waals surface area contributed by atoms with Gasteiger partial charge in [-0.2, -0.15) is 0 Å². The van der Waals surface area contributed by atoms with Gasteiger partial charge in [0.25, 0.3) is 0 Å². The van der Waals surface area contributed by atoms with Crippen molar-refractivity contribution >= 4 is 23.6 Å². The minimum atomic E-state index is -0.565. The number of unbranched alkanes of at least 4 members (excludes halogenated alkanes) is 3. The summed E-state index contributed by atoms with van der Waals surface area (Å²) in [5, 5.41) is 0. The van der Waals surface area contributed by atoms with Gasteiger partial charge in [0.05, 0.1) is 22.7 Å².